The molecule has 1 unspecified atom stereocenters. The quantitative estimate of drug-likeness (QED) is 0.805. The lowest BCUT2D eigenvalue weighted by Crippen LogP contribution is -2.28. The standard InChI is InChI=1S/C10H17N3.2ClH/c1-6(2)10-8-5-7(11)3-4-9(8)12-13-10;;/h6-7H,3-5,11H2,1-2H3,(H,12,13);2*1H. The number of H-pyrrole nitrogens is 1. The second-order valence-electron chi connectivity index (χ2n) is 4.22. The van der Waals surface area contributed by atoms with E-state index >= 15 is 0 Å². The van der Waals surface area contributed by atoms with Crippen LogP contribution in [0.4, 0.5) is 0 Å². The molecule has 0 fully saturated rings. The Hall–Kier alpha value is -0.250. The summed E-state index contributed by atoms with van der Waals surface area (Å²) in [5.41, 5.74) is 9.84. The van der Waals surface area contributed by atoms with Crippen molar-refractivity contribution in [2.45, 2.75) is 45.1 Å². The summed E-state index contributed by atoms with van der Waals surface area (Å²) in [6, 6.07) is 0.336. The van der Waals surface area contributed by atoms with Gasteiger partial charge in [0.15, 0.2) is 0 Å². The first kappa shape index (κ1) is 14.8. The first-order valence-electron chi connectivity index (χ1n) is 5.00. The molecule has 15 heavy (non-hydrogen) atoms. The highest BCUT2D eigenvalue weighted by atomic mass is 35.5. The van der Waals surface area contributed by atoms with Gasteiger partial charge < -0.3 is 5.73 Å². The molecular weight excluding hydrogens is 233 g/mol. The zero-order chi connectivity index (χ0) is 9.42. The SMILES string of the molecule is CC(C)c1n[nH]c2c1CC(N)CC2.Cl.Cl. The van der Waals surface area contributed by atoms with Crippen LogP contribution in [-0.2, 0) is 12.8 Å². The predicted molar refractivity (Wildman–Crippen MR) is 67.2 cm³/mol. The number of aromatic amines is 1. The summed E-state index contributed by atoms with van der Waals surface area (Å²) in [6.07, 6.45) is 3.16. The fourth-order valence-corrected chi connectivity index (χ4v) is 2.02. The molecule has 0 spiro atoms. The Bertz CT molecular complexity index is 310. The Kier molecular flexibility index (Phi) is 5.63. The Morgan fingerprint density at radius 2 is 2.07 bits per heavy atom. The minimum Gasteiger partial charge on any atom is -0.327 e. The summed E-state index contributed by atoms with van der Waals surface area (Å²) in [6.45, 7) is 4.35. The molecule has 1 aromatic heterocycles. The molecule has 2 rings (SSSR count). The monoisotopic (exact) mass is 251 g/mol. The van der Waals surface area contributed by atoms with Gasteiger partial charge in [0, 0.05) is 11.7 Å². The first-order valence-corrected chi connectivity index (χ1v) is 5.00. The van der Waals surface area contributed by atoms with Gasteiger partial charge in [0.2, 0.25) is 0 Å². The minimum absolute atomic E-state index is 0. The third kappa shape index (κ3) is 2.86. The van der Waals surface area contributed by atoms with Crippen molar-refractivity contribution >= 4 is 24.8 Å². The van der Waals surface area contributed by atoms with Crippen LogP contribution in [0.2, 0.25) is 0 Å². The number of aromatic nitrogens is 2. The average molecular weight is 252 g/mol. The first-order chi connectivity index (χ1) is 6.18. The van der Waals surface area contributed by atoms with E-state index in [9.17, 15) is 0 Å². The highest BCUT2D eigenvalue weighted by Crippen LogP contribution is 2.26. The number of nitrogens with zero attached hydrogens (tertiary/aromatic N) is 1. The molecule has 1 aromatic rings. The van der Waals surface area contributed by atoms with Gasteiger partial charge in [0.05, 0.1) is 5.69 Å². The summed E-state index contributed by atoms with van der Waals surface area (Å²) in [5, 5.41) is 7.47. The van der Waals surface area contributed by atoms with Crippen LogP contribution in [-0.4, -0.2) is 16.2 Å². The van der Waals surface area contributed by atoms with Gasteiger partial charge >= 0.3 is 0 Å². The molecule has 0 bridgehead atoms. The minimum atomic E-state index is 0. The normalized spacial score (nSPS) is 19.1. The van der Waals surface area contributed by atoms with E-state index in [1.165, 1.54) is 17.0 Å². The highest BCUT2D eigenvalue weighted by molar-refractivity contribution is 5.85. The van der Waals surface area contributed by atoms with Crippen LogP contribution in [0.1, 0.15) is 43.1 Å². The van der Waals surface area contributed by atoms with Gasteiger partial charge in [0.25, 0.3) is 0 Å². The third-order valence-corrected chi connectivity index (χ3v) is 2.76. The fourth-order valence-electron chi connectivity index (χ4n) is 2.02. The summed E-state index contributed by atoms with van der Waals surface area (Å²) in [4.78, 5) is 0. The number of aryl methyl sites for hydroxylation is 1. The zero-order valence-electron chi connectivity index (χ0n) is 9.12. The molecule has 0 aliphatic heterocycles. The van der Waals surface area contributed by atoms with Crippen LogP contribution < -0.4 is 5.73 Å². The summed E-state index contributed by atoms with van der Waals surface area (Å²) in [7, 11) is 0. The number of hydrogen-bond acceptors (Lipinski definition) is 2. The maximum Gasteiger partial charge on any atom is 0.0682 e. The van der Waals surface area contributed by atoms with E-state index in [2.05, 4.69) is 24.0 Å². The number of hydrogen-bond donors (Lipinski definition) is 2. The molecule has 1 heterocycles. The Morgan fingerprint density at radius 3 is 2.67 bits per heavy atom. The van der Waals surface area contributed by atoms with Crippen molar-refractivity contribution in [2.75, 3.05) is 0 Å². The van der Waals surface area contributed by atoms with E-state index in [0.717, 1.165) is 19.3 Å². The molecule has 0 aromatic carbocycles. The van der Waals surface area contributed by atoms with E-state index in [1.807, 2.05) is 0 Å². The van der Waals surface area contributed by atoms with Crippen molar-refractivity contribution in [2.24, 2.45) is 5.73 Å². The average Bonchev–Trinajstić information content (AvgIpc) is 2.46. The molecule has 0 saturated carbocycles. The Balaban J connectivity index is 0.000000980. The molecule has 3 nitrogen and oxygen atoms in total. The van der Waals surface area contributed by atoms with Gasteiger partial charge in [-0.15, -0.1) is 24.8 Å². The van der Waals surface area contributed by atoms with Gasteiger partial charge in [-0.3, -0.25) is 5.10 Å². The lowest BCUT2D eigenvalue weighted by atomic mass is 9.90. The van der Waals surface area contributed by atoms with Crippen molar-refractivity contribution in [1.82, 2.24) is 10.2 Å². The molecule has 0 radical (unpaired) electrons. The van der Waals surface area contributed by atoms with E-state index in [0.29, 0.717) is 12.0 Å². The Labute approximate surface area is 103 Å². The molecule has 0 amide bonds. The number of rotatable bonds is 1. The summed E-state index contributed by atoms with van der Waals surface area (Å²) >= 11 is 0. The van der Waals surface area contributed by atoms with Gasteiger partial charge in [-0.1, -0.05) is 13.8 Å². The van der Waals surface area contributed by atoms with E-state index in [4.69, 9.17) is 5.73 Å². The molecule has 1 atom stereocenters. The lowest BCUT2D eigenvalue weighted by Gasteiger charge is -2.18. The zero-order valence-corrected chi connectivity index (χ0v) is 10.8. The molecule has 1 aliphatic rings. The predicted octanol–water partition coefficient (Wildman–Crippen LogP) is 2.19. The molecular formula is C10H19Cl2N3. The highest BCUT2D eigenvalue weighted by Gasteiger charge is 2.22. The van der Waals surface area contributed by atoms with E-state index in [1.54, 1.807) is 0 Å². The van der Waals surface area contributed by atoms with Crippen LogP contribution in [0.15, 0.2) is 0 Å². The van der Waals surface area contributed by atoms with Crippen molar-refractivity contribution < 1.29 is 0 Å². The van der Waals surface area contributed by atoms with Crippen molar-refractivity contribution in [3.05, 3.63) is 17.0 Å². The maximum atomic E-state index is 5.94. The number of nitrogens with one attached hydrogen (secondary N) is 1. The van der Waals surface area contributed by atoms with Gasteiger partial charge in [0.1, 0.15) is 0 Å². The molecule has 0 saturated heterocycles. The van der Waals surface area contributed by atoms with Crippen molar-refractivity contribution in [3.63, 3.8) is 0 Å². The third-order valence-electron chi connectivity index (χ3n) is 2.76. The topological polar surface area (TPSA) is 54.7 Å². The summed E-state index contributed by atoms with van der Waals surface area (Å²) in [5.74, 6) is 0.505. The number of nitrogens with two attached hydrogens (primary N) is 1. The second-order valence-corrected chi connectivity index (χ2v) is 4.22. The van der Waals surface area contributed by atoms with Gasteiger partial charge in [-0.05, 0) is 30.7 Å². The van der Waals surface area contributed by atoms with Gasteiger partial charge in [-0.25, -0.2) is 0 Å². The van der Waals surface area contributed by atoms with E-state index < -0.39 is 0 Å². The largest absolute Gasteiger partial charge is 0.327 e. The molecule has 1 aliphatic carbocycles. The second kappa shape index (κ2) is 5.73. The number of halogens is 2. The molecule has 88 valence electrons. The maximum absolute atomic E-state index is 5.94. The van der Waals surface area contributed by atoms with Gasteiger partial charge in [-0.2, -0.15) is 5.10 Å². The van der Waals surface area contributed by atoms with Crippen LogP contribution in [0.3, 0.4) is 0 Å². The van der Waals surface area contributed by atoms with Crippen LogP contribution in [0.25, 0.3) is 0 Å². The van der Waals surface area contributed by atoms with Crippen LogP contribution in [0, 0.1) is 0 Å². The van der Waals surface area contributed by atoms with E-state index in [-0.39, 0.29) is 24.8 Å². The van der Waals surface area contributed by atoms with Crippen molar-refractivity contribution in [1.29, 1.82) is 0 Å². The molecule has 5 heteroatoms. The number of fused-ring (bicyclic) bond motifs is 1. The fraction of sp³-hybridized carbons (Fsp3) is 0.700. The summed E-state index contributed by atoms with van der Waals surface area (Å²) < 4.78 is 0. The van der Waals surface area contributed by atoms with Crippen molar-refractivity contribution in [3.8, 4) is 0 Å². The Morgan fingerprint density at radius 1 is 1.40 bits per heavy atom. The lowest BCUT2D eigenvalue weighted by molar-refractivity contribution is 0.567. The van der Waals surface area contributed by atoms with Crippen LogP contribution in [0.5, 0.6) is 0 Å². The molecule has 3 N–H and O–H groups in total. The van der Waals surface area contributed by atoms with Crippen LogP contribution >= 0.6 is 24.8 Å². The smallest absolute Gasteiger partial charge is 0.0682 e.